The summed E-state index contributed by atoms with van der Waals surface area (Å²) in [5.41, 5.74) is 2.81. The van der Waals surface area contributed by atoms with Crippen molar-refractivity contribution in [1.82, 2.24) is 0 Å². The van der Waals surface area contributed by atoms with E-state index in [-0.39, 0.29) is 26.4 Å². The molecule has 32 heavy (non-hydrogen) atoms. The van der Waals surface area contributed by atoms with Crippen LogP contribution in [0.5, 0.6) is 11.5 Å². The summed E-state index contributed by atoms with van der Waals surface area (Å²) in [6.45, 7) is 11.1. The van der Waals surface area contributed by atoms with E-state index in [1.165, 1.54) is 0 Å². The monoisotopic (exact) mass is 436 g/mol. The number of carbonyl (C=O) groups is 2. The molecule has 0 saturated carbocycles. The summed E-state index contributed by atoms with van der Waals surface area (Å²) in [5, 5.41) is 1.84. The van der Waals surface area contributed by atoms with Gasteiger partial charge in [-0.15, -0.1) is 0 Å². The molecule has 3 rings (SSSR count). The third kappa shape index (κ3) is 5.38. The van der Waals surface area contributed by atoms with Crippen molar-refractivity contribution < 1.29 is 28.5 Å². The first-order valence-corrected chi connectivity index (χ1v) is 10.5. The molecule has 0 unspecified atom stereocenters. The van der Waals surface area contributed by atoms with Crippen molar-refractivity contribution in [3.63, 3.8) is 0 Å². The largest absolute Gasteiger partial charge is 0.489 e. The van der Waals surface area contributed by atoms with Crippen LogP contribution in [0.3, 0.4) is 0 Å². The number of benzene rings is 2. The maximum absolute atomic E-state index is 11.6. The molecule has 1 aliphatic carbocycles. The molecule has 2 aromatic rings. The number of hydrogen-bond donors (Lipinski definition) is 0. The van der Waals surface area contributed by atoms with E-state index in [1.54, 1.807) is 13.8 Å². The molecule has 1 aliphatic rings. The number of allylic oxidation sites excluding steroid dienone is 2. The molecule has 0 aromatic heterocycles. The van der Waals surface area contributed by atoms with Crippen LogP contribution in [0.25, 0.3) is 10.8 Å². The number of carbonyl (C=O) groups excluding carboxylic acids is 2. The first-order chi connectivity index (χ1) is 15.4. The van der Waals surface area contributed by atoms with E-state index in [9.17, 15) is 9.59 Å². The van der Waals surface area contributed by atoms with E-state index >= 15 is 0 Å². The molecule has 0 fully saturated rings. The van der Waals surface area contributed by atoms with E-state index in [1.807, 2.05) is 24.3 Å². The van der Waals surface area contributed by atoms with Gasteiger partial charge < -0.3 is 18.9 Å². The minimum Gasteiger partial charge on any atom is -0.489 e. The average Bonchev–Trinajstić information content (AvgIpc) is 2.79. The molecule has 0 radical (unpaired) electrons. The molecule has 6 heteroatoms. The van der Waals surface area contributed by atoms with Gasteiger partial charge in [0.05, 0.1) is 0 Å². The van der Waals surface area contributed by atoms with Crippen molar-refractivity contribution in [3.05, 3.63) is 71.8 Å². The summed E-state index contributed by atoms with van der Waals surface area (Å²) >= 11 is 0. The van der Waals surface area contributed by atoms with Gasteiger partial charge in [-0.1, -0.05) is 49.6 Å². The first kappa shape index (κ1) is 23.1. The second-order valence-electron chi connectivity index (χ2n) is 7.57. The molecular formula is C26H28O6. The Morgan fingerprint density at radius 3 is 1.53 bits per heavy atom. The minimum absolute atomic E-state index is 0.136. The van der Waals surface area contributed by atoms with Gasteiger partial charge in [0.1, 0.15) is 37.9 Å². The minimum atomic E-state index is -0.431. The molecule has 0 atom stereocenters. The van der Waals surface area contributed by atoms with Gasteiger partial charge in [0.25, 0.3) is 0 Å². The lowest BCUT2D eigenvalue weighted by molar-refractivity contribution is -0.140. The second kappa shape index (κ2) is 10.7. The van der Waals surface area contributed by atoms with Crippen LogP contribution >= 0.6 is 0 Å². The van der Waals surface area contributed by atoms with E-state index in [0.717, 1.165) is 33.4 Å². The standard InChI is InChI=1S/C26H28O6/c1-17(2)25(27)31-15-13-29-23-19-9-5-7-11-21(19)24(22-12-8-6-10-20(22)23)30-14-16-32-26(28)18(3)4/h5-9,11H,1,3,10,12-16H2,2,4H3. The van der Waals surface area contributed by atoms with Crippen LogP contribution in [0.15, 0.2) is 60.7 Å². The number of ether oxygens (including phenoxy) is 4. The van der Waals surface area contributed by atoms with Gasteiger partial charge in [0, 0.05) is 33.0 Å². The summed E-state index contributed by atoms with van der Waals surface area (Å²) in [6, 6.07) is 7.85. The topological polar surface area (TPSA) is 71.1 Å². The molecular weight excluding hydrogens is 408 g/mol. The Morgan fingerprint density at radius 1 is 0.750 bits per heavy atom. The van der Waals surface area contributed by atoms with Crippen molar-refractivity contribution in [2.45, 2.75) is 26.7 Å². The van der Waals surface area contributed by atoms with Crippen LogP contribution < -0.4 is 9.47 Å². The van der Waals surface area contributed by atoms with Gasteiger partial charge in [-0.25, -0.2) is 9.59 Å². The van der Waals surface area contributed by atoms with Crippen LogP contribution in [0.2, 0.25) is 0 Å². The van der Waals surface area contributed by atoms with E-state index in [4.69, 9.17) is 18.9 Å². The molecule has 0 aliphatic heterocycles. The Labute approximate surface area is 188 Å². The highest BCUT2D eigenvalue weighted by atomic mass is 16.6. The first-order valence-electron chi connectivity index (χ1n) is 10.5. The van der Waals surface area contributed by atoms with Crippen LogP contribution in [-0.4, -0.2) is 38.4 Å². The molecule has 0 N–H and O–H groups in total. The van der Waals surface area contributed by atoms with E-state index in [2.05, 4.69) is 25.3 Å². The summed E-state index contributed by atoms with van der Waals surface area (Å²) < 4.78 is 22.5. The molecule has 6 nitrogen and oxygen atoms in total. The van der Waals surface area contributed by atoms with Crippen molar-refractivity contribution >= 4 is 22.7 Å². The van der Waals surface area contributed by atoms with Gasteiger partial charge in [-0.05, 0) is 26.7 Å². The number of hydrogen-bond acceptors (Lipinski definition) is 6. The summed E-state index contributed by atoms with van der Waals surface area (Å²) in [4.78, 5) is 23.2. The maximum atomic E-state index is 11.6. The molecule has 0 bridgehead atoms. The zero-order valence-electron chi connectivity index (χ0n) is 18.6. The molecule has 0 heterocycles. The zero-order valence-corrected chi connectivity index (χ0v) is 18.6. The van der Waals surface area contributed by atoms with E-state index in [0.29, 0.717) is 24.0 Å². The molecule has 0 amide bonds. The highest BCUT2D eigenvalue weighted by molar-refractivity contribution is 5.96. The van der Waals surface area contributed by atoms with Crippen LogP contribution in [0.1, 0.15) is 25.0 Å². The molecule has 0 spiro atoms. The fourth-order valence-electron chi connectivity index (χ4n) is 3.44. The van der Waals surface area contributed by atoms with Crippen LogP contribution in [-0.2, 0) is 31.9 Å². The maximum Gasteiger partial charge on any atom is 0.333 e. The quantitative estimate of drug-likeness (QED) is 0.237. The lowest BCUT2D eigenvalue weighted by atomic mass is 9.90. The van der Waals surface area contributed by atoms with Gasteiger partial charge in [-0.3, -0.25) is 0 Å². The number of fused-ring (bicyclic) bond motifs is 2. The highest BCUT2D eigenvalue weighted by Crippen LogP contribution is 2.43. The predicted molar refractivity (Wildman–Crippen MR) is 123 cm³/mol. The Hall–Kier alpha value is -3.54. The molecule has 168 valence electrons. The Morgan fingerprint density at radius 2 is 1.16 bits per heavy atom. The lowest BCUT2D eigenvalue weighted by Crippen LogP contribution is -2.16. The third-order valence-electron chi connectivity index (χ3n) is 4.96. The van der Waals surface area contributed by atoms with Gasteiger partial charge in [0.2, 0.25) is 0 Å². The summed E-state index contributed by atoms with van der Waals surface area (Å²) in [7, 11) is 0. The molecule has 2 aromatic carbocycles. The Kier molecular flexibility index (Phi) is 7.71. The fourth-order valence-corrected chi connectivity index (χ4v) is 3.44. The highest BCUT2D eigenvalue weighted by Gasteiger charge is 2.22. The van der Waals surface area contributed by atoms with Crippen molar-refractivity contribution in [1.29, 1.82) is 0 Å². The third-order valence-corrected chi connectivity index (χ3v) is 4.96. The molecule has 0 saturated heterocycles. The number of rotatable bonds is 10. The van der Waals surface area contributed by atoms with Crippen LogP contribution in [0, 0.1) is 0 Å². The van der Waals surface area contributed by atoms with Crippen molar-refractivity contribution in [2.24, 2.45) is 0 Å². The smallest absolute Gasteiger partial charge is 0.333 e. The lowest BCUT2D eigenvalue weighted by Gasteiger charge is -2.23. The SMILES string of the molecule is C=C(C)C(=O)OCCOc1c2c(c(OCCOC(=O)C(=C)C)c3ccccc13)CC=CC2. The van der Waals surface area contributed by atoms with Crippen LogP contribution in [0.4, 0.5) is 0 Å². The summed E-state index contributed by atoms with van der Waals surface area (Å²) in [6.07, 6.45) is 5.62. The van der Waals surface area contributed by atoms with Gasteiger partial charge in [0.15, 0.2) is 0 Å². The second-order valence-corrected chi connectivity index (χ2v) is 7.57. The van der Waals surface area contributed by atoms with Gasteiger partial charge >= 0.3 is 11.9 Å². The predicted octanol–water partition coefficient (Wildman–Crippen LogP) is 4.49. The summed E-state index contributed by atoms with van der Waals surface area (Å²) in [5.74, 6) is 0.679. The average molecular weight is 437 g/mol. The normalized spacial score (nSPS) is 12.1. The van der Waals surface area contributed by atoms with Gasteiger partial charge in [-0.2, -0.15) is 0 Å². The Bertz CT molecular complexity index is 995. The van der Waals surface area contributed by atoms with E-state index < -0.39 is 11.9 Å². The van der Waals surface area contributed by atoms with Crippen molar-refractivity contribution in [2.75, 3.05) is 26.4 Å². The number of esters is 2. The Balaban J connectivity index is 1.83. The van der Waals surface area contributed by atoms with Crippen molar-refractivity contribution in [3.8, 4) is 11.5 Å². The fraction of sp³-hybridized carbons (Fsp3) is 0.308. The zero-order chi connectivity index (χ0) is 23.1.